The first-order valence-electron chi connectivity index (χ1n) is 12.1. The number of nitrogens with one attached hydrogen (secondary N) is 1. The second kappa shape index (κ2) is 11.4. The van der Waals surface area contributed by atoms with Gasteiger partial charge < -0.3 is 29.2 Å². The Bertz CT molecular complexity index is 1080. The number of fused-ring (bicyclic) bond motifs is 1. The molecule has 0 aliphatic carbocycles. The maximum atomic E-state index is 13.3. The number of amides is 1. The highest BCUT2D eigenvalue weighted by Gasteiger charge is 2.41. The number of esters is 1. The highest BCUT2D eigenvalue weighted by molar-refractivity contribution is 8.16. The first-order valence-corrected chi connectivity index (χ1v) is 12.9. The SMILES string of the molecule is COc1cc(OC)cc([C@@H]2C(C(=O)OC(C)C)=C(C)N=C3SC=C(CC(=O)NC[C@@H]4CCCO4)N32)c1. The maximum Gasteiger partial charge on any atom is 0.338 e. The van der Waals surface area contributed by atoms with Crippen LogP contribution in [0.3, 0.4) is 0 Å². The van der Waals surface area contributed by atoms with Crippen LogP contribution < -0.4 is 14.8 Å². The van der Waals surface area contributed by atoms with Gasteiger partial charge in [-0.3, -0.25) is 4.79 Å². The van der Waals surface area contributed by atoms with Crippen molar-refractivity contribution in [2.24, 2.45) is 4.99 Å². The number of carbonyl (C=O) groups is 2. The van der Waals surface area contributed by atoms with Crippen LogP contribution in [0.2, 0.25) is 0 Å². The smallest absolute Gasteiger partial charge is 0.338 e. The van der Waals surface area contributed by atoms with E-state index in [9.17, 15) is 9.59 Å². The zero-order valence-electron chi connectivity index (χ0n) is 21.3. The molecule has 1 aromatic carbocycles. The van der Waals surface area contributed by atoms with Crippen LogP contribution in [0.1, 0.15) is 51.6 Å². The van der Waals surface area contributed by atoms with Gasteiger partial charge in [0, 0.05) is 24.9 Å². The number of benzene rings is 1. The molecule has 0 saturated carbocycles. The average Bonchev–Trinajstić information content (AvgIpc) is 3.51. The molecule has 2 atom stereocenters. The van der Waals surface area contributed by atoms with Gasteiger partial charge in [0.25, 0.3) is 0 Å². The molecule has 3 aliphatic rings. The fourth-order valence-corrected chi connectivity index (χ4v) is 5.44. The van der Waals surface area contributed by atoms with E-state index in [1.807, 2.05) is 36.3 Å². The number of nitrogens with zero attached hydrogens (tertiary/aromatic N) is 2. The number of allylic oxidation sites excluding steroid dienone is 1. The number of hydrogen-bond acceptors (Lipinski definition) is 9. The van der Waals surface area contributed by atoms with Gasteiger partial charge >= 0.3 is 5.97 Å². The van der Waals surface area contributed by atoms with E-state index in [1.165, 1.54) is 11.8 Å². The predicted octanol–water partition coefficient (Wildman–Crippen LogP) is 3.92. The molecule has 9 nitrogen and oxygen atoms in total. The highest BCUT2D eigenvalue weighted by atomic mass is 32.2. The summed E-state index contributed by atoms with van der Waals surface area (Å²) in [7, 11) is 3.16. The number of aliphatic imine (C=N–C) groups is 1. The predicted molar refractivity (Wildman–Crippen MR) is 138 cm³/mol. The topological polar surface area (TPSA) is 98.7 Å². The van der Waals surface area contributed by atoms with Gasteiger partial charge in [0.15, 0.2) is 5.17 Å². The van der Waals surface area contributed by atoms with Crippen LogP contribution in [-0.2, 0) is 19.1 Å². The third kappa shape index (κ3) is 5.70. The van der Waals surface area contributed by atoms with E-state index >= 15 is 0 Å². The lowest BCUT2D eigenvalue weighted by atomic mass is 9.93. The number of ether oxygens (including phenoxy) is 4. The molecule has 10 heteroatoms. The molecular weight excluding hydrogens is 482 g/mol. The maximum absolute atomic E-state index is 13.3. The van der Waals surface area contributed by atoms with Crippen LogP contribution in [-0.4, -0.2) is 61.5 Å². The molecule has 3 aliphatic heterocycles. The van der Waals surface area contributed by atoms with Crippen molar-refractivity contribution in [3.63, 3.8) is 0 Å². The summed E-state index contributed by atoms with van der Waals surface area (Å²) in [6.45, 7) is 6.65. The Hall–Kier alpha value is -2.98. The minimum Gasteiger partial charge on any atom is -0.497 e. The van der Waals surface area contributed by atoms with Gasteiger partial charge in [0.1, 0.15) is 11.5 Å². The molecule has 0 spiro atoms. The summed E-state index contributed by atoms with van der Waals surface area (Å²) in [6.07, 6.45) is 1.88. The normalized spacial score (nSPS) is 21.2. The van der Waals surface area contributed by atoms with Crippen LogP contribution in [0.4, 0.5) is 0 Å². The molecule has 0 aromatic heterocycles. The Morgan fingerprint density at radius 2 is 1.94 bits per heavy atom. The van der Waals surface area contributed by atoms with Gasteiger partial charge in [-0.05, 0) is 56.7 Å². The third-order valence-corrected chi connectivity index (χ3v) is 7.03. The van der Waals surface area contributed by atoms with Crippen LogP contribution in [0, 0.1) is 0 Å². The van der Waals surface area contributed by atoms with E-state index in [-0.39, 0.29) is 24.5 Å². The fraction of sp³-hybridized carbons (Fsp3) is 0.500. The quantitative estimate of drug-likeness (QED) is 0.494. The van der Waals surface area contributed by atoms with Gasteiger partial charge in [-0.15, -0.1) is 0 Å². The lowest BCUT2D eigenvalue weighted by Gasteiger charge is -2.36. The van der Waals surface area contributed by atoms with Gasteiger partial charge in [-0.1, -0.05) is 11.8 Å². The molecule has 0 radical (unpaired) electrons. The Morgan fingerprint density at radius 3 is 2.56 bits per heavy atom. The average molecular weight is 516 g/mol. The van der Waals surface area contributed by atoms with Crippen molar-refractivity contribution in [2.75, 3.05) is 27.4 Å². The molecule has 194 valence electrons. The first kappa shape index (κ1) is 26.1. The third-order valence-electron chi connectivity index (χ3n) is 6.15. The molecule has 36 heavy (non-hydrogen) atoms. The van der Waals surface area contributed by atoms with Crippen molar-refractivity contribution in [2.45, 2.75) is 58.3 Å². The largest absolute Gasteiger partial charge is 0.497 e. The zero-order valence-corrected chi connectivity index (χ0v) is 22.1. The van der Waals surface area contributed by atoms with Crippen LogP contribution in [0.25, 0.3) is 0 Å². The van der Waals surface area contributed by atoms with Crippen molar-refractivity contribution < 1.29 is 28.5 Å². The van der Waals surface area contributed by atoms with Gasteiger partial charge in [0.2, 0.25) is 5.91 Å². The number of methoxy groups -OCH3 is 2. The number of hydrogen-bond donors (Lipinski definition) is 1. The van der Waals surface area contributed by atoms with E-state index in [2.05, 4.69) is 5.32 Å². The second-order valence-corrected chi connectivity index (χ2v) is 9.95. The summed E-state index contributed by atoms with van der Waals surface area (Å²) >= 11 is 1.43. The molecule has 1 saturated heterocycles. The summed E-state index contributed by atoms with van der Waals surface area (Å²) in [5.74, 6) is 0.623. The van der Waals surface area contributed by atoms with Crippen molar-refractivity contribution in [1.29, 1.82) is 0 Å². The standard InChI is InChI=1S/C26H33N3O6S/c1-15(2)35-25(31)23-16(3)28-26-29(24(23)17-9-20(32-4)12-21(10-17)33-5)18(14-36-26)11-22(30)27-13-19-7-6-8-34-19/h9-10,12,14-15,19,24H,6-8,11,13H2,1-5H3,(H,27,30)/t19-,24+/m0/s1. The minimum atomic E-state index is -0.569. The van der Waals surface area contributed by atoms with Gasteiger partial charge in [-0.25, -0.2) is 9.79 Å². The summed E-state index contributed by atoms with van der Waals surface area (Å²) in [6, 6.07) is 4.94. The number of carbonyl (C=O) groups excluding carboxylic acids is 2. The molecule has 1 aromatic rings. The number of amidine groups is 1. The minimum absolute atomic E-state index is 0.0629. The fourth-order valence-electron chi connectivity index (χ4n) is 4.47. The monoisotopic (exact) mass is 515 g/mol. The lowest BCUT2D eigenvalue weighted by Crippen LogP contribution is -2.39. The molecule has 1 amide bonds. The molecule has 0 unspecified atom stereocenters. The van der Waals surface area contributed by atoms with Gasteiger partial charge in [-0.2, -0.15) is 0 Å². The van der Waals surface area contributed by atoms with Crippen molar-refractivity contribution in [3.8, 4) is 11.5 Å². The summed E-state index contributed by atoms with van der Waals surface area (Å²) in [5, 5.41) is 5.59. The Kier molecular flexibility index (Phi) is 8.25. The van der Waals surface area contributed by atoms with Crippen molar-refractivity contribution in [1.82, 2.24) is 10.2 Å². The summed E-state index contributed by atoms with van der Waals surface area (Å²) < 4.78 is 22.2. The van der Waals surface area contributed by atoms with Crippen LogP contribution in [0.5, 0.6) is 11.5 Å². The summed E-state index contributed by atoms with van der Waals surface area (Å²) in [5.41, 5.74) is 2.50. The van der Waals surface area contributed by atoms with E-state index in [1.54, 1.807) is 27.2 Å². The van der Waals surface area contributed by atoms with E-state index in [0.717, 1.165) is 30.7 Å². The number of thioether (sulfide) groups is 1. The van der Waals surface area contributed by atoms with E-state index < -0.39 is 12.0 Å². The number of rotatable bonds is 9. The Morgan fingerprint density at radius 1 is 1.22 bits per heavy atom. The van der Waals surface area contributed by atoms with Crippen molar-refractivity contribution >= 4 is 28.8 Å². The molecule has 1 N–H and O–H groups in total. The van der Waals surface area contributed by atoms with Crippen LogP contribution in [0.15, 0.2) is 45.6 Å². The summed E-state index contributed by atoms with van der Waals surface area (Å²) in [4.78, 5) is 32.8. The Balaban J connectivity index is 1.68. The molecule has 3 heterocycles. The lowest BCUT2D eigenvalue weighted by molar-refractivity contribution is -0.143. The Labute approximate surface area is 215 Å². The van der Waals surface area contributed by atoms with E-state index in [0.29, 0.717) is 34.5 Å². The molecule has 4 rings (SSSR count). The van der Waals surface area contributed by atoms with E-state index in [4.69, 9.17) is 23.9 Å². The molecule has 1 fully saturated rings. The molecular formula is C26H33N3O6S. The first-order chi connectivity index (χ1) is 17.3. The second-order valence-electron chi connectivity index (χ2n) is 9.11. The zero-order chi connectivity index (χ0) is 25.8. The van der Waals surface area contributed by atoms with Gasteiger partial charge in [0.05, 0.1) is 50.2 Å². The van der Waals surface area contributed by atoms with Crippen LogP contribution >= 0.6 is 11.8 Å². The highest BCUT2D eigenvalue weighted by Crippen LogP contribution is 2.46. The molecule has 0 bridgehead atoms. The van der Waals surface area contributed by atoms with Crippen molar-refractivity contribution in [3.05, 3.63) is 46.1 Å².